The highest BCUT2D eigenvalue weighted by Crippen LogP contribution is 2.57. The number of halogens is 3. The second-order valence-electron chi connectivity index (χ2n) is 17.7. The van der Waals surface area contributed by atoms with Crippen LogP contribution >= 0.6 is 12.1 Å². The number of likely N-dealkylation sites (tertiary alicyclic amines) is 1. The molecule has 0 atom stereocenters. The zero-order valence-corrected chi connectivity index (χ0v) is 35.0. The molecule has 2 aromatic heterocycles. The predicted molar refractivity (Wildman–Crippen MR) is 227 cm³/mol. The van der Waals surface area contributed by atoms with Crippen molar-refractivity contribution in [3.63, 3.8) is 0 Å². The molecule has 320 valence electrons. The summed E-state index contributed by atoms with van der Waals surface area (Å²) in [6.45, 7) is 6.48. The third-order valence-corrected chi connectivity index (χ3v) is 14.7. The Labute approximate surface area is 354 Å². The highest BCUT2D eigenvalue weighted by atomic mass is 32.2. The number of carbonyl (C=O) groups excluding carboxylic acids is 2. The van der Waals surface area contributed by atoms with E-state index >= 15 is 8.78 Å². The van der Waals surface area contributed by atoms with Gasteiger partial charge in [0.2, 0.25) is 11.7 Å². The average molecular weight is 857 g/mol. The van der Waals surface area contributed by atoms with Crippen LogP contribution in [0.2, 0.25) is 0 Å². The lowest BCUT2D eigenvalue weighted by atomic mass is 9.57. The smallest absolute Gasteiger partial charge is 0.329 e. The maximum absolute atomic E-state index is 15.6. The number of piperidine rings is 1. The molecule has 3 aliphatic heterocycles. The van der Waals surface area contributed by atoms with Crippen LogP contribution < -0.4 is 30.1 Å². The molecule has 61 heavy (non-hydrogen) atoms. The number of fused-ring (bicyclic) bond motifs is 2. The van der Waals surface area contributed by atoms with Crippen molar-refractivity contribution < 1.29 is 27.5 Å². The number of imide groups is 1. The number of hydrogen-bond donors (Lipinski definition) is 2. The zero-order chi connectivity index (χ0) is 42.4. The number of aromatic nitrogens is 4. The van der Waals surface area contributed by atoms with Gasteiger partial charge in [-0.25, -0.2) is 27.3 Å². The zero-order valence-electron chi connectivity index (χ0n) is 34.2. The molecule has 10 rings (SSSR count). The summed E-state index contributed by atoms with van der Waals surface area (Å²) in [7, 11) is 3.62. The molecule has 0 bridgehead atoms. The highest BCUT2D eigenvalue weighted by molar-refractivity contribution is 7.98. The van der Waals surface area contributed by atoms with Crippen LogP contribution in [0.3, 0.4) is 0 Å². The minimum Gasteiger partial charge on any atom is -0.451 e. The quantitative estimate of drug-likeness (QED) is 0.142. The average Bonchev–Trinajstić information content (AvgIpc) is 3.51. The van der Waals surface area contributed by atoms with Gasteiger partial charge in [0.15, 0.2) is 17.5 Å². The van der Waals surface area contributed by atoms with Gasteiger partial charge in [-0.05, 0) is 107 Å². The number of nitrogens with zero attached hydrogens (tertiary/aromatic N) is 8. The Morgan fingerprint density at radius 2 is 1.69 bits per heavy atom. The summed E-state index contributed by atoms with van der Waals surface area (Å²) in [5.41, 5.74) is 2.00. The number of hydrogen-bond acceptors (Lipinski definition) is 11. The number of rotatable bonds is 10. The molecule has 5 aromatic rings. The van der Waals surface area contributed by atoms with Crippen molar-refractivity contribution in [2.45, 2.75) is 64.0 Å². The SMILES string of the molecule is CCN(C)SNc1ccc(F)c(Oc2ccc3ncn(C4CC5(CCN(C6CC7(C6)CN(c6cc8c(cc6F)c(N6CCC(=O)NC6=O)nn8C)C7)CC5)C4)c(=O)c3c2)c1F. The Balaban J connectivity index is 0.734. The van der Waals surface area contributed by atoms with Crippen LogP contribution in [0.5, 0.6) is 11.5 Å². The van der Waals surface area contributed by atoms with E-state index in [0.29, 0.717) is 40.4 Å². The molecule has 5 heterocycles. The van der Waals surface area contributed by atoms with E-state index in [2.05, 4.69) is 29.9 Å². The molecule has 3 saturated heterocycles. The van der Waals surface area contributed by atoms with Crippen molar-refractivity contribution in [1.82, 2.24) is 33.9 Å². The van der Waals surface area contributed by atoms with Crippen molar-refractivity contribution in [2.75, 3.05) is 60.8 Å². The third-order valence-electron chi connectivity index (χ3n) is 13.8. The Bertz CT molecular complexity index is 2640. The maximum Gasteiger partial charge on any atom is 0.329 e. The van der Waals surface area contributed by atoms with E-state index in [0.717, 1.165) is 76.3 Å². The molecule has 5 fully saturated rings. The fraction of sp³-hybridized carbons (Fsp3) is 0.465. The molecule has 18 heteroatoms. The van der Waals surface area contributed by atoms with E-state index in [1.54, 1.807) is 34.8 Å². The van der Waals surface area contributed by atoms with E-state index < -0.39 is 23.4 Å². The summed E-state index contributed by atoms with van der Waals surface area (Å²) >= 11 is 1.18. The number of anilines is 3. The number of ether oxygens (including phenoxy) is 1. The monoisotopic (exact) mass is 856 g/mol. The van der Waals surface area contributed by atoms with Crippen molar-refractivity contribution >= 4 is 63.1 Å². The first-order valence-electron chi connectivity index (χ1n) is 20.9. The second kappa shape index (κ2) is 14.9. The van der Waals surface area contributed by atoms with E-state index in [1.165, 1.54) is 35.2 Å². The first-order valence-corrected chi connectivity index (χ1v) is 21.7. The van der Waals surface area contributed by atoms with Crippen LogP contribution in [0.25, 0.3) is 21.8 Å². The maximum atomic E-state index is 15.6. The number of aryl methyl sites for hydroxylation is 1. The molecule has 3 amide bonds. The van der Waals surface area contributed by atoms with Gasteiger partial charge in [-0.15, -0.1) is 0 Å². The van der Waals surface area contributed by atoms with Crippen LogP contribution in [0.1, 0.15) is 57.9 Å². The molecule has 3 aromatic carbocycles. The third kappa shape index (κ3) is 6.95. The molecule has 5 aliphatic rings. The number of carbonyl (C=O) groups is 2. The summed E-state index contributed by atoms with van der Waals surface area (Å²) in [5, 5.41) is 7.69. The van der Waals surface area contributed by atoms with Crippen LogP contribution in [-0.2, 0) is 11.8 Å². The first-order chi connectivity index (χ1) is 29.3. The van der Waals surface area contributed by atoms with Gasteiger partial charge in [0, 0.05) is 74.7 Å². The van der Waals surface area contributed by atoms with Gasteiger partial charge >= 0.3 is 6.03 Å². The normalized spacial score (nSPS) is 21.3. The van der Waals surface area contributed by atoms with E-state index in [9.17, 15) is 18.8 Å². The van der Waals surface area contributed by atoms with Gasteiger partial charge in [-0.1, -0.05) is 6.92 Å². The lowest BCUT2D eigenvalue weighted by molar-refractivity contribution is -0.120. The van der Waals surface area contributed by atoms with Gasteiger partial charge in [0.25, 0.3) is 5.56 Å². The molecule has 2 spiro atoms. The van der Waals surface area contributed by atoms with E-state index in [4.69, 9.17) is 4.74 Å². The van der Waals surface area contributed by atoms with Crippen molar-refractivity contribution in [3.05, 3.63) is 76.6 Å². The number of nitrogens with one attached hydrogen (secondary N) is 2. The van der Waals surface area contributed by atoms with Crippen LogP contribution in [0.4, 0.5) is 35.2 Å². The molecule has 2 aliphatic carbocycles. The topological polar surface area (TPSA) is 133 Å². The van der Waals surface area contributed by atoms with Crippen molar-refractivity contribution in [2.24, 2.45) is 17.9 Å². The van der Waals surface area contributed by atoms with Crippen LogP contribution in [-0.4, -0.2) is 92.8 Å². The minimum absolute atomic E-state index is 0.0253. The molecular weight excluding hydrogens is 810 g/mol. The number of urea groups is 1. The molecule has 0 radical (unpaired) electrons. The molecule has 2 N–H and O–H groups in total. The summed E-state index contributed by atoms with van der Waals surface area (Å²) in [4.78, 5) is 48.6. The lowest BCUT2D eigenvalue weighted by Gasteiger charge is -2.63. The Morgan fingerprint density at radius 1 is 0.934 bits per heavy atom. The van der Waals surface area contributed by atoms with Crippen molar-refractivity contribution in [1.29, 1.82) is 0 Å². The van der Waals surface area contributed by atoms with Gasteiger partial charge < -0.3 is 19.3 Å². The molecule has 14 nitrogen and oxygen atoms in total. The Morgan fingerprint density at radius 3 is 2.43 bits per heavy atom. The van der Waals surface area contributed by atoms with E-state index in [1.807, 2.05) is 24.3 Å². The fourth-order valence-corrected chi connectivity index (χ4v) is 10.7. The standard InChI is InChI=1S/C43H47F3N10O4S/c1-4-51(2)61-50-33-8-6-30(44)38(37(33)46)60-27-5-7-32-28(15-27)40(58)56(24-47-32)26-20-42(21-26)10-13-53(14-11-42)25-18-43(19-25)22-54(23-43)35-17-34-29(16-31(35)45)39(49-52(34)3)55-12-9-36(57)48-41(55)59/h5-8,15-17,24-26,50H,4,9-14,18-23H2,1-3H3,(H,48,57,59). The molecular formula is C43H47F3N10O4S. The van der Waals surface area contributed by atoms with Gasteiger partial charge in [0.05, 0.1) is 34.1 Å². The largest absolute Gasteiger partial charge is 0.451 e. The molecule has 0 unspecified atom stereocenters. The van der Waals surface area contributed by atoms with Crippen LogP contribution in [0, 0.1) is 28.3 Å². The van der Waals surface area contributed by atoms with E-state index in [-0.39, 0.29) is 58.6 Å². The highest BCUT2D eigenvalue weighted by Gasteiger charge is 2.56. The second-order valence-corrected chi connectivity index (χ2v) is 18.7. The van der Waals surface area contributed by atoms with Gasteiger partial charge in [-0.2, -0.15) is 5.10 Å². The summed E-state index contributed by atoms with van der Waals surface area (Å²) in [6.07, 6.45) is 7.88. The number of benzene rings is 3. The Kier molecular flexibility index (Phi) is 9.74. The summed E-state index contributed by atoms with van der Waals surface area (Å²) in [6, 6.07) is 10.4. The van der Waals surface area contributed by atoms with Gasteiger partial charge in [-0.3, -0.25) is 29.1 Å². The number of amides is 3. The summed E-state index contributed by atoms with van der Waals surface area (Å²) < 4.78 is 59.6. The fourth-order valence-electron chi connectivity index (χ4n) is 10.2. The lowest BCUT2D eigenvalue weighted by Crippen LogP contribution is -2.67. The minimum atomic E-state index is -0.866. The van der Waals surface area contributed by atoms with Crippen LogP contribution in [0.15, 0.2) is 53.6 Å². The predicted octanol–water partition coefficient (Wildman–Crippen LogP) is 6.95. The first kappa shape index (κ1) is 39.8. The Hall–Kier alpha value is -5.33. The van der Waals surface area contributed by atoms with Crippen molar-refractivity contribution in [3.8, 4) is 11.5 Å². The molecule has 2 saturated carbocycles. The summed E-state index contributed by atoms with van der Waals surface area (Å²) in [5.74, 6) is -2.47. The van der Waals surface area contributed by atoms with Gasteiger partial charge in [0.1, 0.15) is 11.6 Å².